The van der Waals surface area contributed by atoms with Crippen LogP contribution in [0.5, 0.6) is 0 Å². The minimum absolute atomic E-state index is 0.00924. The lowest BCUT2D eigenvalue weighted by Gasteiger charge is -2.15. The summed E-state index contributed by atoms with van der Waals surface area (Å²) in [5.74, 6) is 0. The third-order valence-electron chi connectivity index (χ3n) is 4.26. The van der Waals surface area contributed by atoms with Gasteiger partial charge in [0.05, 0.1) is 0 Å². The molecule has 0 bridgehead atoms. The van der Waals surface area contributed by atoms with E-state index in [0.717, 1.165) is 32.5 Å². The van der Waals surface area contributed by atoms with E-state index in [9.17, 15) is 13.0 Å². The van der Waals surface area contributed by atoms with Crippen molar-refractivity contribution in [2.45, 2.75) is 18.7 Å². The van der Waals surface area contributed by atoms with Crippen LogP contribution in [0, 0.1) is 13.8 Å². The van der Waals surface area contributed by atoms with Crippen LogP contribution < -0.4 is 0 Å². The summed E-state index contributed by atoms with van der Waals surface area (Å²) in [6.45, 7) is 3.75. The maximum Gasteiger partial charge on any atom is 0.295 e. The molecule has 0 fully saturated rings. The summed E-state index contributed by atoms with van der Waals surface area (Å²) in [4.78, 5) is 0.00924. The Balaban J connectivity index is 2.39. The van der Waals surface area contributed by atoms with Crippen LogP contribution in [0.4, 0.5) is 0 Å². The Morgan fingerprint density at radius 2 is 1.36 bits per heavy atom. The molecule has 3 nitrogen and oxygen atoms in total. The zero-order chi connectivity index (χ0) is 15.6. The molecule has 0 aromatic heterocycles. The van der Waals surface area contributed by atoms with Crippen LogP contribution >= 0.6 is 0 Å². The van der Waals surface area contributed by atoms with Gasteiger partial charge in [-0.3, -0.25) is 4.55 Å². The molecule has 0 aliphatic heterocycles. The molecule has 0 aliphatic carbocycles. The van der Waals surface area contributed by atoms with Gasteiger partial charge in [0.1, 0.15) is 4.90 Å². The van der Waals surface area contributed by atoms with Gasteiger partial charge >= 0.3 is 0 Å². The third-order valence-corrected chi connectivity index (χ3v) is 5.31. The Bertz CT molecular complexity index is 1140. The van der Waals surface area contributed by atoms with Crippen molar-refractivity contribution >= 4 is 42.4 Å². The predicted molar refractivity (Wildman–Crippen MR) is 89.4 cm³/mol. The third kappa shape index (κ3) is 1.74. The van der Waals surface area contributed by atoms with Gasteiger partial charge in [-0.25, -0.2) is 0 Å². The van der Waals surface area contributed by atoms with E-state index in [-0.39, 0.29) is 4.90 Å². The lowest BCUT2D eigenvalue weighted by Crippen LogP contribution is -2.03. The summed E-state index contributed by atoms with van der Waals surface area (Å²) >= 11 is 0. The SMILES string of the molecule is Cc1cc2ccc3cc(C)c(S(=O)(=O)O)c4ccc(c1)c2c34. The Kier molecular flexibility index (Phi) is 2.56. The van der Waals surface area contributed by atoms with Gasteiger partial charge in [-0.2, -0.15) is 8.42 Å². The highest BCUT2D eigenvalue weighted by atomic mass is 32.2. The van der Waals surface area contributed by atoms with Crippen molar-refractivity contribution in [1.82, 2.24) is 0 Å². The van der Waals surface area contributed by atoms with E-state index < -0.39 is 10.1 Å². The van der Waals surface area contributed by atoms with Crippen molar-refractivity contribution in [2.24, 2.45) is 0 Å². The van der Waals surface area contributed by atoms with E-state index in [2.05, 4.69) is 18.2 Å². The molecule has 0 saturated heterocycles. The molecule has 4 heteroatoms. The first kappa shape index (κ1) is 13.5. The number of benzene rings is 4. The Hall–Kier alpha value is -2.17. The van der Waals surface area contributed by atoms with Gasteiger partial charge in [0, 0.05) is 5.39 Å². The number of hydrogen-bond acceptors (Lipinski definition) is 2. The Morgan fingerprint density at radius 3 is 1.95 bits per heavy atom. The average Bonchev–Trinajstić information content (AvgIpc) is 2.42. The number of rotatable bonds is 1. The van der Waals surface area contributed by atoms with Crippen LogP contribution in [-0.2, 0) is 10.1 Å². The lowest BCUT2D eigenvalue weighted by atomic mass is 9.92. The van der Waals surface area contributed by atoms with Crippen molar-refractivity contribution in [1.29, 1.82) is 0 Å². The smallest absolute Gasteiger partial charge is 0.282 e. The van der Waals surface area contributed by atoms with Gasteiger partial charge in [0.15, 0.2) is 0 Å². The zero-order valence-corrected chi connectivity index (χ0v) is 13.0. The second-order valence-electron chi connectivity index (χ2n) is 5.86. The number of hydrogen-bond donors (Lipinski definition) is 1. The average molecular weight is 310 g/mol. The first-order valence-corrected chi connectivity index (χ1v) is 8.46. The van der Waals surface area contributed by atoms with E-state index in [1.54, 1.807) is 13.0 Å². The maximum absolute atomic E-state index is 11.8. The monoisotopic (exact) mass is 310 g/mol. The molecule has 0 amide bonds. The molecule has 0 unspecified atom stereocenters. The molecule has 4 rings (SSSR count). The van der Waals surface area contributed by atoms with E-state index >= 15 is 0 Å². The van der Waals surface area contributed by atoms with Gasteiger partial charge in [-0.05, 0) is 58.0 Å². The normalized spacial score (nSPS) is 12.7. The largest absolute Gasteiger partial charge is 0.295 e. The molecular formula is C18H14O3S. The second kappa shape index (κ2) is 4.18. The quantitative estimate of drug-likeness (QED) is 0.417. The summed E-state index contributed by atoms with van der Waals surface area (Å²) in [5, 5.41) is 5.68. The summed E-state index contributed by atoms with van der Waals surface area (Å²) in [6.07, 6.45) is 0. The highest BCUT2D eigenvalue weighted by Gasteiger charge is 2.20. The second-order valence-corrected chi connectivity index (χ2v) is 7.22. The van der Waals surface area contributed by atoms with Crippen LogP contribution in [0.3, 0.4) is 0 Å². The molecule has 110 valence electrons. The van der Waals surface area contributed by atoms with E-state index in [4.69, 9.17) is 0 Å². The predicted octanol–water partition coefficient (Wildman–Crippen LogP) is 4.45. The lowest BCUT2D eigenvalue weighted by molar-refractivity contribution is 0.483. The Morgan fingerprint density at radius 1 is 0.818 bits per heavy atom. The fourth-order valence-electron chi connectivity index (χ4n) is 3.51. The van der Waals surface area contributed by atoms with E-state index in [1.807, 2.05) is 25.1 Å². The van der Waals surface area contributed by atoms with Crippen LogP contribution in [0.25, 0.3) is 32.3 Å². The standard InChI is InChI=1S/C18H14O3S/c1-10-7-12-3-4-14-9-11(2)18(22(19,20)21)15-6-5-13(8-10)16(12)17(14)15/h3-9H,1-2H3,(H,19,20,21). The van der Waals surface area contributed by atoms with Crippen molar-refractivity contribution in [3.05, 3.63) is 53.6 Å². The van der Waals surface area contributed by atoms with Crippen LogP contribution in [0.15, 0.2) is 47.4 Å². The Labute approximate surface area is 128 Å². The molecule has 0 saturated carbocycles. The molecule has 0 heterocycles. The van der Waals surface area contributed by atoms with Crippen molar-refractivity contribution < 1.29 is 13.0 Å². The number of aryl methyl sites for hydroxylation is 2. The molecular weight excluding hydrogens is 296 g/mol. The highest BCUT2D eigenvalue weighted by molar-refractivity contribution is 7.86. The minimum Gasteiger partial charge on any atom is -0.282 e. The first-order chi connectivity index (χ1) is 10.4. The molecule has 4 aromatic carbocycles. The van der Waals surface area contributed by atoms with Gasteiger partial charge < -0.3 is 0 Å². The zero-order valence-electron chi connectivity index (χ0n) is 12.2. The molecule has 22 heavy (non-hydrogen) atoms. The van der Waals surface area contributed by atoms with Gasteiger partial charge in [-0.15, -0.1) is 0 Å². The summed E-state index contributed by atoms with van der Waals surface area (Å²) in [7, 11) is -4.27. The van der Waals surface area contributed by atoms with Crippen LogP contribution in [0.2, 0.25) is 0 Å². The van der Waals surface area contributed by atoms with Crippen molar-refractivity contribution in [3.8, 4) is 0 Å². The van der Waals surface area contributed by atoms with Gasteiger partial charge in [0.2, 0.25) is 0 Å². The molecule has 1 N–H and O–H groups in total. The van der Waals surface area contributed by atoms with E-state index in [1.165, 1.54) is 0 Å². The van der Waals surface area contributed by atoms with Crippen LogP contribution in [0.1, 0.15) is 11.1 Å². The summed E-state index contributed by atoms with van der Waals surface area (Å²) in [5.41, 5.74) is 1.72. The van der Waals surface area contributed by atoms with Gasteiger partial charge in [0.25, 0.3) is 10.1 Å². The van der Waals surface area contributed by atoms with Gasteiger partial charge in [-0.1, -0.05) is 36.4 Å². The molecule has 0 aliphatic rings. The van der Waals surface area contributed by atoms with Crippen LogP contribution in [-0.4, -0.2) is 13.0 Å². The minimum atomic E-state index is -4.27. The maximum atomic E-state index is 11.8. The van der Waals surface area contributed by atoms with Crippen molar-refractivity contribution in [3.63, 3.8) is 0 Å². The highest BCUT2D eigenvalue weighted by Crippen LogP contribution is 2.39. The fraction of sp³-hybridized carbons (Fsp3) is 0.111. The molecule has 4 aromatic rings. The van der Waals surface area contributed by atoms with E-state index in [0.29, 0.717) is 10.9 Å². The topological polar surface area (TPSA) is 54.4 Å². The molecule has 0 atom stereocenters. The molecule has 0 radical (unpaired) electrons. The summed E-state index contributed by atoms with van der Waals surface area (Å²) in [6, 6.07) is 13.8. The van der Waals surface area contributed by atoms with Crippen molar-refractivity contribution in [2.75, 3.05) is 0 Å². The first-order valence-electron chi connectivity index (χ1n) is 7.02. The fourth-order valence-corrected chi connectivity index (χ4v) is 4.43. The summed E-state index contributed by atoms with van der Waals surface area (Å²) < 4.78 is 33.2. The molecule has 0 spiro atoms.